The number of benzene rings is 2. The van der Waals surface area contributed by atoms with Crippen LogP contribution in [0, 0.1) is 11.3 Å². The number of aromatic nitrogens is 3. The highest BCUT2D eigenvalue weighted by molar-refractivity contribution is 6.31. The van der Waals surface area contributed by atoms with Gasteiger partial charge in [-0.3, -0.25) is 35.0 Å². The molecule has 9 rings (SSSR count). The highest BCUT2D eigenvalue weighted by Crippen LogP contribution is 2.55. The molecule has 12 nitrogen and oxygen atoms in total. The number of alkyl halides is 3. The van der Waals surface area contributed by atoms with Gasteiger partial charge in [-0.2, -0.15) is 13.2 Å². The van der Waals surface area contributed by atoms with Crippen molar-refractivity contribution in [2.75, 3.05) is 37.0 Å². The van der Waals surface area contributed by atoms with Crippen LogP contribution in [-0.4, -0.2) is 76.3 Å². The second-order valence-electron chi connectivity index (χ2n) is 16.6. The molecule has 16 heteroatoms. The highest BCUT2D eigenvalue weighted by atomic mass is 35.5. The van der Waals surface area contributed by atoms with Crippen molar-refractivity contribution in [1.29, 1.82) is 0 Å². The van der Waals surface area contributed by atoms with Crippen LogP contribution < -0.4 is 26.7 Å². The fourth-order valence-electron chi connectivity index (χ4n) is 10.2. The van der Waals surface area contributed by atoms with Gasteiger partial charge in [-0.1, -0.05) is 41.9 Å². The predicted octanol–water partition coefficient (Wildman–Crippen LogP) is 6.06. The smallest absolute Gasteiger partial charge is 0.385 e. The Labute approximate surface area is 344 Å². The molecule has 3 unspecified atom stereocenters. The zero-order chi connectivity index (χ0) is 41.2. The van der Waals surface area contributed by atoms with Gasteiger partial charge >= 0.3 is 6.18 Å². The lowest BCUT2D eigenvalue weighted by molar-refractivity contribution is -0.195. The fraction of sp³-hybridized carbons (Fsp3) is 0.419. The van der Waals surface area contributed by atoms with Crippen LogP contribution in [0.1, 0.15) is 89.1 Å². The average Bonchev–Trinajstić information content (AvgIpc) is 3.84. The zero-order valence-electron chi connectivity index (χ0n) is 32.5. The molecule has 59 heavy (non-hydrogen) atoms. The maximum Gasteiger partial charge on any atom is 0.408 e. The number of carbonyl (C=O) groups is 3. The summed E-state index contributed by atoms with van der Waals surface area (Å²) < 4.78 is 45.9. The molecule has 3 fully saturated rings. The number of hydrogen-bond acceptors (Lipinski definition) is 9. The van der Waals surface area contributed by atoms with Gasteiger partial charge in [-0.05, 0) is 116 Å². The molecule has 1 spiro atoms. The van der Waals surface area contributed by atoms with Gasteiger partial charge in [0.1, 0.15) is 17.9 Å². The lowest BCUT2D eigenvalue weighted by atomic mass is 9.56. The van der Waals surface area contributed by atoms with Gasteiger partial charge in [-0.25, -0.2) is 9.66 Å². The summed E-state index contributed by atoms with van der Waals surface area (Å²) in [7, 11) is 1.82. The first-order chi connectivity index (χ1) is 28.3. The topological polar surface area (TPSA) is 151 Å². The average molecular weight is 828 g/mol. The van der Waals surface area contributed by atoms with Gasteiger partial charge in [0, 0.05) is 42.5 Å². The molecule has 2 aromatic heterocycles. The van der Waals surface area contributed by atoms with Gasteiger partial charge in [0.15, 0.2) is 5.82 Å². The standard InChI is InChI=1S/C43H45ClF3N9O3/c1-49-33-19-36(53-56-35(39(48)58)23-51-40(33)56)55-14-11-28-27(3-2-4-34(28)55)32-9-5-24(22-50-32)17-25-20-42(21-25)12-15-54(16-13-42)38(43(45,46)47)26-6-8-31(44)30(18-26)29-7-10-37(57)52-41(29)59/h2-6,8-9,18-19,22-23,25,29,36,38,49,53H,7,10-17,20-21H2,1H3,(H2,48,58)(H,52,57,59). The third-order valence-corrected chi connectivity index (χ3v) is 13.4. The number of imidazole rings is 1. The number of primary amides is 1. The second kappa shape index (κ2) is 15.0. The molecular formula is C43H45ClF3N9O3. The minimum absolute atomic E-state index is 0.0379. The predicted molar refractivity (Wildman–Crippen MR) is 217 cm³/mol. The third kappa shape index (κ3) is 7.21. The largest absolute Gasteiger partial charge is 0.408 e. The minimum Gasteiger partial charge on any atom is -0.385 e. The number of rotatable bonds is 9. The lowest BCUT2D eigenvalue weighted by Gasteiger charge is -2.53. The second-order valence-corrected chi connectivity index (χ2v) is 17.0. The van der Waals surface area contributed by atoms with Gasteiger partial charge in [0.05, 0.1) is 23.5 Å². The van der Waals surface area contributed by atoms with E-state index in [0.29, 0.717) is 43.2 Å². The minimum atomic E-state index is -4.52. The quantitative estimate of drug-likeness (QED) is 0.148. The Morgan fingerprint density at radius 1 is 1.05 bits per heavy atom. The number of amides is 3. The van der Waals surface area contributed by atoms with Crippen molar-refractivity contribution in [2.45, 2.75) is 75.7 Å². The van der Waals surface area contributed by atoms with Gasteiger partial charge in [0.25, 0.3) is 5.91 Å². The van der Waals surface area contributed by atoms with E-state index in [2.05, 4.69) is 56.3 Å². The number of anilines is 1. The van der Waals surface area contributed by atoms with Crippen LogP contribution >= 0.6 is 11.6 Å². The Kier molecular flexibility index (Phi) is 9.94. The molecule has 308 valence electrons. The van der Waals surface area contributed by atoms with E-state index in [-0.39, 0.29) is 40.7 Å². The van der Waals surface area contributed by atoms with Crippen molar-refractivity contribution in [3.63, 3.8) is 0 Å². The molecule has 5 aliphatic rings. The molecule has 5 N–H and O–H groups in total. The van der Waals surface area contributed by atoms with Crippen LogP contribution in [0.4, 0.5) is 18.9 Å². The van der Waals surface area contributed by atoms with E-state index in [0.717, 1.165) is 60.4 Å². The van der Waals surface area contributed by atoms with Crippen molar-refractivity contribution in [2.24, 2.45) is 17.1 Å². The number of hydrogen-bond donors (Lipinski definition) is 4. The SMILES string of the molecule is CNC1=CC(N2CCc3c(-c4ccc(CC5CC6(CCN(C(c7ccc(Cl)c(C8CCC(=O)NC8=O)c7)C(F)(F)F)CC6)C5)cn4)cccc32)Nn2c(C(N)=O)cnc21. The van der Waals surface area contributed by atoms with Crippen LogP contribution in [-0.2, 0) is 22.4 Å². The Bertz CT molecular complexity index is 2350. The first-order valence-electron chi connectivity index (χ1n) is 20.1. The normalized spacial score (nSPS) is 22.2. The van der Waals surface area contributed by atoms with Crippen molar-refractivity contribution in [1.82, 2.24) is 30.2 Å². The molecule has 4 aromatic rings. The summed E-state index contributed by atoms with van der Waals surface area (Å²) in [5.41, 5.74) is 15.9. The molecule has 3 atom stereocenters. The molecule has 0 radical (unpaired) electrons. The third-order valence-electron chi connectivity index (χ3n) is 13.1. The van der Waals surface area contributed by atoms with E-state index in [9.17, 15) is 27.6 Å². The number of halogens is 4. The van der Waals surface area contributed by atoms with E-state index >= 15 is 0 Å². The summed E-state index contributed by atoms with van der Waals surface area (Å²) in [6.45, 7) is 1.41. The number of imide groups is 1. The monoisotopic (exact) mass is 827 g/mol. The molecule has 0 bridgehead atoms. The van der Waals surface area contributed by atoms with Gasteiger partial charge < -0.3 is 16.0 Å². The highest BCUT2D eigenvalue weighted by Gasteiger charge is 2.51. The van der Waals surface area contributed by atoms with E-state index < -0.39 is 35.9 Å². The molecule has 1 aliphatic carbocycles. The maximum absolute atomic E-state index is 14.7. The Balaban J connectivity index is 0.827. The maximum atomic E-state index is 14.7. The van der Waals surface area contributed by atoms with Crippen molar-refractivity contribution >= 4 is 40.7 Å². The summed E-state index contributed by atoms with van der Waals surface area (Å²) in [5.74, 6) is -1.23. The summed E-state index contributed by atoms with van der Waals surface area (Å²) in [6, 6.07) is 12.9. The molecule has 2 saturated heterocycles. The zero-order valence-corrected chi connectivity index (χ0v) is 33.2. The Morgan fingerprint density at radius 3 is 2.54 bits per heavy atom. The molecule has 4 aliphatic heterocycles. The molecule has 2 aromatic carbocycles. The molecule has 6 heterocycles. The van der Waals surface area contributed by atoms with E-state index in [1.165, 1.54) is 34.9 Å². The summed E-state index contributed by atoms with van der Waals surface area (Å²) in [6.07, 6.45) is 6.04. The number of pyridine rings is 1. The van der Waals surface area contributed by atoms with E-state index in [1.54, 1.807) is 4.68 Å². The molecular weight excluding hydrogens is 783 g/mol. The van der Waals surface area contributed by atoms with Crippen LogP contribution in [0.25, 0.3) is 17.0 Å². The number of fused-ring (bicyclic) bond motifs is 2. The van der Waals surface area contributed by atoms with Crippen LogP contribution in [0.5, 0.6) is 0 Å². The number of nitrogens with zero attached hydrogens (tertiary/aromatic N) is 5. The van der Waals surface area contributed by atoms with Crippen LogP contribution in [0.3, 0.4) is 0 Å². The van der Waals surface area contributed by atoms with Crippen LogP contribution in [0.15, 0.2) is 67.0 Å². The Hall–Kier alpha value is -5.41. The lowest BCUT2D eigenvalue weighted by Crippen LogP contribution is -2.50. The van der Waals surface area contributed by atoms with Crippen LogP contribution in [0.2, 0.25) is 5.02 Å². The Morgan fingerprint density at radius 2 is 1.85 bits per heavy atom. The van der Waals surface area contributed by atoms with Gasteiger partial charge in [0.2, 0.25) is 11.8 Å². The number of likely N-dealkylation sites (tertiary alicyclic amines) is 1. The number of carbonyl (C=O) groups excluding carboxylic acids is 3. The first-order valence-corrected chi connectivity index (χ1v) is 20.5. The summed E-state index contributed by atoms with van der Waals surface area (Å²) in [5, 5.41) is 5.69. The molecule has 1 saturated carbocycles. The number of piperidine rings is 2. The number of nitrogens with two attached hydrogens (primary N) is 1. The molecule has 3 amide bonds. The van der Waals surface area contributed by atoms with Crippen molar-refractivity contribution in [3.8, 4) is 11.3 Å². The number of nitrogens with one attached hydrogen (secondary N) is 3. The van der Waals surface area contributed by atoms with Crippen molar-refractivity contribution < 1.29 is 27.6 Å². The fourth-order valence-corrected chi connectivity index (χ4v) is 10.4. The summed E-state index contributed by atoms with van der Waals surface area (Å²) in [4.78, 5) is 49.4. The first kappa shape index (κ1) is 39.1. The van der Waals surface area contributed by atoms with Crippen molar-refractivity contribution in [3.05, 3.63) is 106 Å². The summed E-state index contributed by atoms with van der Waals surface area (Å²) >= 11 is 6.40. The van der Waals surface area contributed by atoms with E-state index in [1.807, 2.05) is 19.3 Å². The van der Waals surface area contributed by atoms with Gasteiger partial charge in [-0.15, -0.1) is 0 Å². The van der Waals surface area contributed by atoms with E-state index in [4.69, 9.17) is 22.3 Å².